The van der Waals surface area contributed by atoms with Crippen LogP contribution in [0.15, 0.2) is 0 Å². The fourth-order valence-electron chi connectivity index (χ4n) is 2.09. The molecule has 108 valence electrons. The summed E-state index contributed by atoms with van der Waals surface area (Å²) in [4.78, 5) is 33.1. The molecule has 0 spiro atoms. The highest BCUT2D eigenvalue weighted by Gasteiger charge is 2.26. The fraction of sp³-hybridized carbons (Fsp3) is 0.750. The first-order valence-corrected chi connectivity index (χ1v) is 7.49. The van der Waals surface area contributed by atoms with Gasteiger partial charge in [-0.25, -0.2) is 4.79 Å². The average Bonchev–Trinajstić information content (AvgIpc) is 2.74. The third-order valence-electron chi connectivity index (χ3n) is 2.94. The van der Waals surface area contributed by atoms with E-state index in [0.717, 1.165) is 25.0 Å². The van der Waals surface area contributed by atoms with Gasteiger partial charge >= 0.3 is 12.0 Å². The third kappa shape index (κ3) is 6.47. The number of carbonyl (C=O) groups is 3. The Hall–Kier alpha value is -1.24. The molecule has 1 aliphatic carbocycles. The quantitative estimate of drug-likeness (QED) is 0.685. The van der Waals surface area contributed by atoms with Crippen LogP contribution in [-0.4, -0.2) is 40.1 Å². The summed E-state index contributed by atoms with van der Waals surface area (Å²) in [5, 5.41) is 13.9. The highest BCUT2D eigenvalue weighted by molar-refractivity contribution is 7.99. The maximum atomic E-state index is 11.5. The lowest BCUT2D eigenvalue weighted by molar-refractivity contribution is -0.138. The number of aliphatic carboxylic acids is 1. The number of nitrogens with one attached hydrogen (secondary N) is 2. The SMILES string of the molecule is CCSC1CCC(NC(=O)NC(=O)CCC(=O)O)C1. The minimum absolute atomic E-state index is 0.108. The molecule has 0 aromatic rings. The van der Waals surface area contributed by atoms with Crippen molar-refractivity contribution in [2.24, 2.45) is 0 Å². The van der Waals surface area contributed by atoms with Gasteiger partial charge in [0.1, 0.15) is 0 Å². The zero-order valence-corrected chi connectivity index (χ0v) is 11.8. The van der Waals surface area contributed by atoms with E-state index in [4.69, 9.17) is 5.11 Å². The molecule has 0 bridgehead atoms. The van der Waals surface area contributed by atoms with Crippen LogP contribution in [0.2, 0.25) is 0 Å². The third-order valence-corrected chi connectivity index (χ3v) is 4.17. The van der Waals surface area contributed by atoms with Crippen molar-refractivity contribution in [1.29, 1.82) is 0 Å². The van der Waals surface area contributed by atoms with E-state index in [1.54, 1.807) is 0 Å². The Morgan fingerprint density at radius 2 is 2.00 bits per heavy atom. The maximum absolute atomic E-state index is 11.5. The highest BCUT2D eigenvalue weighted by atomic mass is 32.2. The van der Waals surface area contributed by atoms with E-state index < -0.39 is 17.9 Å². The van der Waals surface area contributed by atoms with Crippen LogP contribution in [0.25, 0.3) is 0 Å². The van der Waals surface area contributed by atoms with Crippen LogP contribution < -0.4 is 10.6 Å². The Balaban J connectivity index is 2.21. The average molecular weight is 288 g/mol. The number of urea groups is 1. The highest BCUT2D eigenvalue weighted by Crippen LogP contribution is 2.29. The van der Waals surface area contributed by atoms with Crippen LogP contribution in [0.5, 0.6) is 0 Å². The van der Waals surface area contributed by atoms with Crippen molar-refractivity contribution in [3.63, 3.8) is 0 Å². The van der Waals surface area contributed by atoms with Gasteiger partial charge < -0.3 is 10.4 Å². The standard InChI is InChI=1S/C12H20N2O4S/c1-2-19-9-4-3-8(7-9)13-12(18)14-10(15)5-6-11(16)17/h8-9H,2-7H2,1H3,(H,16,17)(H2,13,14,15,18). The summed E-state index contributed by atoms with van der Waals surface area (Å²) in [6.07, 6.45) is 2.49. The molecule has 0 aromatic heterocycles. The van der Waals surface area contributed by atoms with E-state index in [2.05, 4.69) is 17.6 Å². The van der Waals surface area contributed by atoms with Crippen molar-refractivity contribution in [3.8, 4) is 0 Å². The molecule has 2 atom stereocenters. The number of carboxylic acids is 1. The van der Waals surface area contributed by atoms with Crippen LogP contribution in [0.3, 0.4) is 0 Å². The van der Waals surface area contributed by atoms with Gasteiger partial charge in [-0.05, 0) is 25.0 Å². The second-order valence-electron chi connectivity index (χ2n) is 4.50. The summed E-state index contributed by atoms with van der Waals surface area (Å²) in [5.41, 5.74) is 0. The lowest BCUT2D eigenvalue weighted by Gasteiger charge is -2.13. The molecule has 2 unspecified atom stereocenters. The Morgan fingerprint density at radius 3 is 2.63 bits per heavy atom. The molecule has 3 N–H and O–H groups in total. The van der Waals surface area contributed by atoms with Crippen molar-refractivity contribution < 1.29 is 19.5 Å². The Bertz CT molecular complexity index is 349. The number of hydrogen-bond donors (Lipinski definition) is 3. The molecule has 1 fully saturated rings. The van der Waals surface area contributed by atoms with Crippen LogP contribution in [0, 0.1) is 0 Å². The first-order chi connectivity index (χ1) is 9.01. The largest absolute Gasteiger partial charge is 0.481 e. The second kappa shape index (κ2) is 8.04. The smallest absolute Gasteiger partial charge is 0.321 e. The lowest BCUT2D eigenvalue weighted by atomic mass is 10.2. The zero-order valence-electron chi connectivity index (χ0n) is 11.0. The molecule has 0 aromatic carbocycles. The lowest BCUT2D eigenvalue weighted by Crippen LogP contribution is -2.43. The van der Waals surface area contributed by atoms with Gasteiger partial charge in [0, 0.05) is 17.7 Å². The van der Waals surface area contributed by atoms with E-state index in [0.29, 0.717) is 5.25 Å². The molecule has 0 radical (unpaired) electrons. The number of thioether (sulfide) groups is 1. The molecule has 0 aliphatic heterocycles. The molecular formula is C12H20N2O4S. The Morgan fingerprint density at radius 1 is 1.26 bits per heavy atom. The topological polar surface area (TPSA) is 95.5 Å². The molecule has 0 saturated heterocycles. The van der Waals surface area contributed by atoms with Crippen molar-refractivity contribution in [2.45, 2.75) is 50.3 Å². The first-order valence-electron chi connectivity index (χ1n) is 6.45. The van der Waals surface area contributed by atoms with Crippen molar-refractivity contribution in [1.82, 2.24) is 10.6 Å². The van der Waals surface area contributed by atoms with E-state index in [1.165, 1.54) is 0 Å². The van der Waals surface area contributed by atoms with Crippen molar-refractivity contribution in [2.75, 3.05) is 5.75 Å². The molecule has 3 amide bonds. The van der Waals surface area contributed by atoms with Gasteiger partial charge in [-0.1, -0.05) is 6.92 Å². The number of carbonyl (C=O) groups excluding carboxylic acids is 2. The second-order valence-corrected chi connectivity index (χ2v) is 6.08. The van der Waals surface area contributed by atoms with Gasteiger partial charge in [0.2, 0.25) is 5.91 Å². The first kappa shape index (κ1) is 15.8. The van der Waals surface area contributed by atoms with E-state index >= 15 is 0 Å². The Labute approximate surface area is 116 Å². The zero-order chi connectivity index (χ0) is 14.3. The molecule has 0 heterocycles. The predicted molar refractivity (Wildman–Crippen MR) is 73.1 cm³/mol. The molecule has 1 saturated carbocycles. The monoisotopic (exact) mass is 288 g/mol. The number of imide groups is 1. The van der Waals surface area contributed by atoms with Crippen LogP contribution >= 0.6 is 11.8 Å². The number of carboxylic acid groups (broad SMARTS) is 1. The summed E-state index contributed by atoms with van der Waals surface area (Å²) in [6, 6.07) is -0.418. The summed E-state index contributed by atoms with van der Waals surface area (Å²) in [5.74, 6) is -0.541. The fourth-order valence-corrected chi connectivity index (χ4v) is 3.23. The molecule has 7 heteroatoms. The van der Waals surface area contributed by atoms with E-state index in [-0.39, 0.29) is 18.9 Å². The van der Waals surface area contributed by atoms with Gasteiger partial charge in [0.05, 0.1) is 6.42 Å². The Kier molecular flexibility index (Phi) is 6.69. The van der Waals surface area contributed by atoms with Crippen LogP contribution in [0.1, 0.15) is 39.0 Å². The molecule has 19 heavy (non-hydrogen) atoms. The predicted octanol–water partition coefficient (Wildman–Crippen LogP) is 1.35. The van der Waals surface area contributed by atoms with Gasteiger partial charge in [-0.2, -0.15) is 11.8 Å². The van der Waals surface area contributed by atoms with Gasteiger partial charge in [0.15, 0.2) is 0 Å². The number of amides is 3. The van der Waals surface area contributed by atoms with E-state index in [9.17, 15) is 14.4 Å². The maximum Gasteiger partial charge on any atom is 0.321 e. The summed E-state index contributed by atoms with van der Waals surface area (Å²) >= 11 is 1.89. The number of rotatable bonds is 6. The van der Waals surface area contributed by atoms with Crippen LogP contribution in [0.4, 0.5) is 4.79 Å². The number of hydrogen-bond acceptors (Lipinski definition) is 4. The van der Waals surface area contributed by atoms with E-state index in [1.807, 2.05) is 11.8 Å². The minimum Gasteiger partial charge on any atom is -0.481 e. The summed E-state index contributed by atoms with van der Waals surface area (Å²) in [6.45, 7) is 2.11. The molecule has 1 rings (SSSR count). The van der Waals surface area contributed by atoms with Gasteiger partial charge in [0.25, 0.3) is 0 Å². The van der Waals surface area contributed by atoms with Gasteiger partial charge in [-0.15, -0.1) is 0 Å². The van der Waals surface area contributed by atoms with Crippen molar-refractivity contribution >= 4 is 29.7 Å². The summed E-state index contributed by atoms with van der Waals surface area (Å²) < 4.78 is 0. The van der Waals surface area contributed by atoms with Crippen molar-refractivity contribution in [3.05, 3.63) is 0 Å². The minimum atomic E-state index is -1.05. The van der Waals surface area contributed by atoms with Crippen LogP contribution in [-0.2, 0) is 9.59 Å². The summed E-state index contributed by atoms with van der Waals surface area (Å²) in [7, 11) is 0. The molecule has 1 aliphatic rings. The normalized spacial score (nSPS) is 21.9. The van der Waals surface area contributed by atoms with Gasteiger partial charge in [-0.3, -0.25) is 14.9 Å². The molecule has 6 nitrogen and oxygen atoms in total. The molecular weight excluding hydrogens is 268 g/mol.